The third-order valence-electron chi connectivity index (χ3n) is 5.35. The van der Waals surface area contributed by atoms with Crippen molar-refractivity contribution in [3.05, 3.63) is 0 Å². The fourth-order valence-electron chi connectivity index (χ4n) is 2.69. The Kier molecular flexibility index (Phi) is 8.16. The van der Waals surface area contributed by atoms with Gasteiger partial charge in [0.1, 0.15) is 0 Å². The third kappa shape index (κ3) is 5.93. The minimum atomic E-state index is 0.583. The van der Waals surface area contributed by atoms with Crippen molar-refractivity contribution in [2.45, 2.75) is 87.0 Å². The van der Waals surface area contributed by atoms with E-state index in [1.54, 1.807) is 0 Å². The van der Waals surface area contributed by atoms with Gasteiger partial charge in [-0.05, 0) is 23.2 Å². The van der Waals surface area contributed by atoms with Crippen LogP contribution < -0.4 is 0 Å². The highest BCUT2D eigenvalue weighted by Crippen LogP contribution is 2.33. The maximum Gasteiger partial charge on any atom is -0.0308 e. The van der Waals surface area contributed by atoms with Crippen LogP contribution in [-0.4, -0.2) is 0 Å². The van der Waals surface area contributed by atoms with Crippen LogP contribution in [0.3, 0.4) is 0 Å². The summed E-state index contributed by atoms with van der Waals surface area (Å²) in [6, 6.07) is 0. The molecule has 0 N–H and O–H groups in total. The average molecular weight is 240 g/mol. The highest BCUT2D eigenvalue weighted by Gasteiger charge is 2.23. The van der Waals surface area contributed by atoms with Crippen LogP contribution in [0, 0.1) is 23.2 Å². The van der Waals surface area contributed by atoms with Crippen molar-refractivity contribution < 1.29 is 0 Å². The summed E-state index contributed by atoms with van der Waals surface area (Å²) in [5.74, 6) is 2.83. The molecule has 0 spiro atoms. The van der Waals surface area contributed by atoms with Gasteiger partial charge in [0.25, 0.3) is 0 Å². The Morgan fingerprint density at radius 3 is 1.47 bits per heavy atom. The Bertz CT molecular complexity index is 168. The monoisotopic (exact) mass is 240 g/mol. The molecule has 0 radical (unpaired) electrons. The third-order valence-corrected chi connectivity index (χ3v) is 5.35. The van der Waals surface area contributed by atoms with E-state index >= 15 is 0 Å². The van der Waals surface area contributed by atoms with Crippen LogP contribution in [-0.2, 0) is 0 Å². The number of hydrogen-bond acceptors (Lipinski definition) is 0. The lowest BCUT2D eigenvalue weighted by Crippen LogP contribution is -2.20. The molecule has 17 heavy (non-hydrogen) atoms. The first-order valence-corrected chi connectivity index (χ1v) is 7.87. The molecular weight excluding hydrogens is 204 g/mol. The van der Waals surface area contributed by atoms with Gasteiger partial charge in [0.15, 0.2) is 0 Å². The topological polar surface area (TPSA) is 0 Å². The molecule has 0 unspecified atom stereocenters. The van der Waals surface area contributed by atoms with E-state index in [9.17, 15) is 0 Å². The predicted molar refractivity (Wildman–Crippen MR) is 80.3 cm³/mol. The lowest BCUT2D eigenvalue weighted by atomic mass is 9.75. The van der Waals surface area contributed by atoms with Crippen molar-refractivity contribution >= 4 is 0 Å². The molecular formula is C17H36. The van der Waals surface area contributed by atoms with Crippen molar-refractivity contribution in [3.8, 4) is 0 Å². The van der Waals surface area contributed by atoms with Crippen LogP contribution in [0.15, 0.2) is 0 Å². The highest BCUT2D eigenvalue weighted by molar-refractivity contribution is 4.73. The maximum atomic E-state index is 2.37. The van der Waals surface area contributed by atoms with Crippen molar-refractivity contribution in [2.75, 3.05) is 0 Å². The SMILES string of the molecule is CC(C)C1CCCC1.CCC(C)(CC)C(C)C. The van der Waals surface area contributed by atoms with E-state index in [1.807, 2.05) is 0 Å². The second kappa shape index (κ2) is 8.16. The Hall–Kier alpha value is 0. The van der Waals surface area contributed by atoms with Crippen molar-refractivity contribution in [3.63, 3.8) is 0 Å². The molecule has 0 aromatic heterocycles. The Labute approximate surface area is 111 Å². The number of rotatable bonds is 4. The number of hydrogen-bond donors (Lipinski definition) is 0. The van der Waals surface area contributed by atoms with Gasteiger partial charge in [-0.2, -0.15) is 0 Å². The van der Waals surface area contributed by atoms with Crippen LogP contribution in [0.1, 0.15) is 87.0 Å². The second-order valence-corrected chi connectivity index (χ2v) is 6.80. The van der Waals surface area contributed by atoms with E-state index in [1.165, 1.54) is 38.5 Å². The molecule has 1 rings (SSSR count). The average Bonchev–Trinajstić information content (AvgIpc) is 2.82. The summed E-state index contributed by atoms with van der Waals surface area (Å²) in [6.45, 7) is 16.2. The lowest BCUT2D eigenvalue weighted by molar-refractivity contribution is 0.200. The van der Waals surface area contributed by atoms with E-state index in [4.69, 9.17) is 0 Å². The van der Waals surface area contributed by atoms with Gasteiger partial charge in [-0.1, -0.05) is 87.0 Å². The predicted octanol–water partition coefficient (Wildman–Crippen LogP) is 6.30. The van der Waals surface area contributed by atoms with Crippen LogP contribution in [0.5, 0.6) is 0 Å². The lowest BCUT2D eigenvalue weighted by Gasteiger charge is -2.31. The van der Waals surface area contributed by atoms with E-state index in [0.717, 1.165) is 17.8 Å². The molecule has 1 aliphatic carbocycles. The van der Waals surface area contributed by atoms with E-state index in [0.29, 0.717) is 5.41 Å². The van der Waals surface area contributed by atoms with E-state index in [2.05, 4.69) is 48.5 Å². The van der Waals surface area contributed by atoms with Crippen LogP contribution in [0.4, 0.5) is 0 Å². The van der Waals surface area contributed by atoms with Crippen LogP contribution in [0.25, 0.3) is 0 Å². The van der Waals surface area contributed by atoms with Gasteiger partial charge in [-0.3, -0.25) is 0 Å². The van der Waals surface area contributed by atoms with Crippen molar-refractivity contribution in [1.29, 1.82) is 0 Å². The summed E-state index contributed by atoms with van der Waals surface area (Å²) in [4.78, 5) is 0. The van der Waals surface area contributed by atoms with E-state index < -0.39 is 0 Å². The first-order valence-electron chi connectivity index (χ1n) is 7.87. The molecule has 0 saturated heterocycles. The summed E-state index contributed by atoms with van der Waals surface area (Å²) in [5, 5.41) is 0. The molecule has 0 heterocycles. The van der Waals surface area contributed by atoms with Crippen LogP contribution in [0.2, 0.25) is 0 Å². The van der Waals surface area contributed by atoms with E-state index in [-0.39, 0.29) is 0 Å². The largest absolute Gasteiger partial charge is 0.0649 e. The van der Waals surface area contributed by atoms with Crippen LogP contribution >= 0.6 is 0 Å². The Morgan fingerprint density at radius 1 is 0.941 bits per heavy atom. The summed E-state index contributed by atoms with van der Waals surface area (Å²) in [7, 11) is 0. The fourth-order valence-corrected chi connectivity index (χ4v) is 2.69. The minimum absolute atomic E-state index is 0.583. The highest BCUT2D eigenvalue weighted by atomic mass is 14.3. The molecule has 0 atom stereocenters. The molecule has 0 aromatic rings. The van der Waals surface area contributed by atoms with Crippen molar-refractivity contribution in [1.82, 2.24) is 0 Å². The van der Waals surface area contributed by atoms with Gasteiger partial charge in [0.2, 0.25) is 0 Å². The molecule has 0 bridgehead atoms. The zero-order valence-electron chi connectivity index (χ0n) is 13.5. The zero-order chi connectivity index (χ0) is 13.5. The molecule has 0 aliphatic heterocycles. The normalized spacial score (nSPS) is 17.5. The van der Waals surface area contributed by atoms with Gasteiger partial charge < -0.3 is 0 Å². The quantitative estimate of drug-likeness (QED) is 0.541. The smallest absolute Gasteiger partial charge is 0.0308 e. The van der Waals surface area contributed by atoms with Gasteiger partial charge in [-0.25, -0.2) is 0 Å². The summed E-state index contributed by atoms with van der Waals surface area (Å²) < 4.78 is 0. The summed E-state index contributed by atoms with van der Waals surface area (Å²) in [5.41, 5.74) is 0.583. The van der Waals surface area contributed by atoms with Gasteiger partial charge >= 0.3 is 0 Å². The molecule has 0 amide bonds. The Morgan fingerprint density at radius 2 is 1.35 bits per heavy atom. The minimum Gasteiger partial charge on any atom is -0.0649 e. The summed E-state index contributed by atoms with van der Waals surface area (Å²) >= 11 is 0. The van der Waals surface area contributed by atoms with Gasteiger partial charge in [0.05, 0.1) is 0 Å². The van der Waals surface area contributed by atoms with Crippen molar-refractivity contribution in [2.24, 2.45) is 23.2 Å². The molecule has 0 heteroatoms. The molecule has 1 fully saturated rings. The molecule has 1 aliphatic rings. The van der Waals surface area contributed by atoms with Gasteiger partial charge in [-0.15, -0.1) is 0 Å². The second-order valence-electron chi connectivity index (χ2n) is 6.80. The zero-order valence-corrected chi connectivity index (χ0v) is 13.5. The molecule has 1 saturated carbocycles. The standard InChI is InChI=1S/C9H20.C8H16/c1-6-9(5,7-2)8(3)4;1-7(2)8-5-3-4-6-8/h8H,6-7H2,1-5H3;7-8H,3-6H2,1-2H3. The fraction of sp³-hybridized carbons (Fsp3) is 1.00. The molecule has 0 nitrogen and oxygen atoms in total. The summed E-state index contributed by atoms with van der Waals surface area (Å²) in [6.07, 6.45) is 8.59. The molecule has 0 aromatic carbocycles. The van der Waals surface area contributed by atoms with Gasteiger partial charge in [0, 0.05) is 0 Å². The Balaban J connectivity index is 0.000000302. The first kappa shape index (κ1) is 17.0. The molecule has 104 valence electrons. The first-order chi connectivity index (χ1) is 7.87. The maximum absolute atomic E-state index is 2.37.